The van der Waals surface area contributed by atoms with Crippen molar-refractivity contribution in [3.8, 4) is 0 Å². The summed E-state index contributed by atoms with van der Waals surface area (Å²) >= 11 is 2.63. The first kappa shape index (κ1) is 29.0. The van der Waals surface area contributed by atoms with Crippen LogP contribution in [0.4, 0.5) is 13.6 Å². The molecule has 0 radical (unpaired) electrons. The highest BCUT2D eigenvalue weighted by atomic mass is 127. The van der Waals surface area contributed by atoms with Crippen LogP contribution in [-0.4, -0.2) is 72.3 Å². The van der Waals surface area contributed by atoms with Crippen molar-refractivity contribution in [2.75, 3.05) is 27.4 Å². The number of benzene rings is 1. The molecular weight excluding hydrogens is 619 g/mol. The summed E-state index contributed by atoms with van der Waals surface area (Å²) in [4.78, 5) is 32.7. The predicted molar refractivity (Wildman–Crippen MR) is 150 cm³/mol. The third-order valence-electron chi connectivity index (χ3n) is 6.45. The molecule has 0 saturated heterocycles. The van der Waals surface area contributed by atoms with Crippen LogP contribution in [0.15, 0.2) is 27.0 Å². The molecule has 3 rings (SSSR count). The average molecular weight is 652 g/mol. The van der Waals surface area contributed by atoms with Crippen molar-refractivity contribution in [1.82, 2.24) is 9.80 Å². The Balaban J connectivity index is 2.06. The molecule has 1 heterocycles. The largest absolute Gasteiger partial charge is 0.465 e. The minimum Gasteiger partial charge on any atom is -0.465 e. The lowest BCUT2D eigenvalue weighted by molar-refractivity contribution is -0.129. The summed E-state index contributed by atoms with van der Waals surface area (Å²) < 4.78 is 33.0. The van der Waals surface area contributed by atoms with Crippen LogP contribution in [0.1, 0.15) is 24.5 Å². The highest BCUT2D eigenvalue weighted by Gasteiger charge is 2.71. The van der Waals surface area contributed by atoms with E-state index in [1.54, 1.807) is 21.0 Å². The zero-order valence-electron chi connectivity index (χ0n) is 21.3. The molecule has 1 aromatic carbocycles. The van der Waals surface area contributed by atoms with Crippen molar-refractivity contribution in [3.05, 3.63) is 39.0 Å². The number of amides is 2. The van der Waals surface area contributed by atoms with Gasteiger partial charge in [-0.25, -0.2) is 14.1 Å². The van der Waals surface area contributed by atoms with Gasteiger partial charge in [-0.2, -0.15) is 4.39 Å². The number of hydrogen-bond acceptors (Lipinski definition) is 5. The molecule has 1 aromatic rings. The highest BCUT2D eigenvalue weighted by Crippen LogP contribution is 2.67. The lowest BCUT2D eigenvalue weighted by atomic mass is 9.84. The van der Waals surface area contributed by atoms with Crippen molar-refractivity contribution in [3.63, 3.8) is 0 Å². The van der Waals surface area contributed by atoms with E-state index in [4.69, 9.17) is 9.73 Å². The third-order valence-corrected chi connectivity index (χ3v) is 9.95. The molecule has 7 nitrogen and oxygen atoms in total. The zero-order valence-corrected chi connectivity index (χ0v) is 25.2. The van der Waals surface area contributed by atoms with Crippen LogP contribution in [0, 0.1) is 11.7 Å². The van der Waals surface area contributed by atoms with Crippen LogP contribution in [0.3, 0.4) is 0 Å². The van der Waals surface area contributed by atoms with E-state index in [-0.39, 0.29) is 29.3 Å². The van der Waals surface area contributed by atoms with Gasteiger partial charge < -0.3 is 14.7 Å². The van der Waals surface area contributed by atoms with Crippen LogP contribution in [0.5, 0.6) is 0 Å². The van der Waals surface area contributed by atoms with Gasteiger partial charge in [-0.15, -0.1) is 0 Å². The van der Waals surface area contributed by atoms with Gasteiger partial charge in [0, 0.05) is 40.3 Å². The standard InChI is InChI=1S/C24H32F2IN3O4SSi/c1-23(16-11-15(12-19(26)27)7-8-17(16)25)18-13-24(18,20(31)29(2)3)35-21(28-23)30(22(32)33)14-34-9-10-36(4,5)6/h7-8,11-12,18H,9-10,13-14H2,1-6H3,(H,32,33)/b19-12+/t18-,23+,24-/m0/s1. The second kappa shape index (κ2) is 10.7. The summed E-state index contributed by atoms with van der Waals surface area (Å²) in [6, 6.07) is 5.09. The van der Waals surface area contributed by atoms with Crippen LogP contribution >= 0.6 is 34.4 Å². The Morgan fingerprint density at radius 2 is 2.03 bits per heavy atom. The fraction of sp³-hybridized carbons (Fsp3) is 0.542. The molecule has 36 heavy (non-hydrogen) atoms. The van der Waals surface area contributed by atoms with E-state index >= 15 is 4.39 Å². The van der Waals surface area contributed by atoms with Crippen LogP contribution in [-0.2, 0) is 15.1 Å². The monoisotopic (exact) mass is 651 g/mol. The zero-order chi connectivity index (χ0) is 27.1. The van der Waals surface area contributed by atoms with Gasteiger partial charge in [0.15, 0.2) is 9.00 Å². The molecular formula is C24H32F2IN3O4SSi. The SMILES string of the molecule is CN(C)C(=O)[C@]12C[C@H]1[C@@](C)(c1cc(/C=C(\F)I)ccc1F)N=C(N(COCC[Si](C)(C)C)C(=O)O)S2. The summed E-state index contributed by atoms with van der Waals surface area (Å²) in [5.74, 6) is -1.10. The van der Waals surface area contributed by atoms with Gasteiger partial charge in [0.05, 0.1) is 5.54 Å². The van der Waals surface area contributed by atoms with Crippen LogP contribution in [0.2, 0.25) is 25.7 Å². The minimum absolute atomic E-state index is 0.0855. The summed E-state index contributed by atoms with van der Waals surface area (Å²) in [5, 5.41) is 10.1. The number of thioether (sulfide) groups is 1. The fourth-order valence-corrected chi connectivity index (χ4v) is 7.18. The number of aliphatic imine (C=N–C) groups is 1. The maximum atomic E-state index is 15.2. The maximum Gasteiger partial charge on any atom is 0.415 e. The topological polar surface area (TPSA) is 82.4 Å². The molecule has 0 unspecified atom stereocenters. The van der Waals surface area contributed by atoms with Gasteiger partial charge in [-0.1, -0.05) is 37.5 Å². The second-order valence-corrected chi connectivity index (χ2v) is 18.7. The van der Waals surface area contributed by atoms with Crippen molar-refractivity contribution >= 4 is 65.7 Å². The van der Waals surface area contributed by atoms with E-state index in [9.17, 15) is 19.1 Å². The Labute approximate surface area is 229 Å². The number of fused-ring (bicyclic) bond motifs is 1. The van der Waals surface area contributed by atoms with Gasteiger partial charge >= 0.3 is 6.09 Å². The normalized spacial score (nSPS) is 25.6. The number of hydrogen-bond donors (Lipinski definition) is 1. The smallest absolute Gasteiger partial charge is 0.415 e. The number of halogens is 3. The number of carbonyl (C=O) groups is 2. The maximum absolute atomic E-state index is 15.2. The second-order valence-electron chi connectivity index (χ2n) is 10.7. The van der Waals surface area contributed by atoms with Crippen LogP contribution < -0.4 is 0 Å². The van der Waals surface area contributed by atoms with Crippen molar-refractivity contribution in [1.29, 1.82) is 0 Å². The third kappa shape index (κ3) is 6.13. The Bertz CT molecular complexity index is 1110. The summed E-state index contributed by atoms with van der Waals surface area (Å²) in [6.45, 7) is 8.46. The first-order valence-corrected chi connectivity index (χ1v) is 17.1. The van der Waals surface area contributed by atoms with Crippen molar-refractivity contribution in [2.45, 2.75) is 49.3 Å². The number of ether oxygens (including phenoxy) is 1. The van der Waals surface area contributed by atoms with E-state index < -0.39 is 34.1 Å². The molecule has 198 valence electrons. The molecule has 2 amide bonds. The van der Waals surface area contributed by atoms with E-state index in [2.05, 4.69) is 19.6 Å². The number of rotatable bonds is 8. The van der Waals surface area contributed by atoms with Gasteiger partial charge in [0.25, 0.3) is 0 Å². The Hall–Kier alpha value is -1.51. The van der Waals surface area contributed by atoms with Crippen molar-refractivity contribution < 1.29 is 28.2 Å². The summed E-state index contributed by atoms with van der Waals surface area (Å²) in [6.07, 6.45) is 0.408. The lowest BCUT2D eigenvalue weighted by Gasteiger charge is -2.37. The number of carbonyl (C=O) groups excluding carboxylic acids is 1. The molecule has 1 N–H and O–H groups in total. The fourth-order valence-electron chi connectivity index (χ4n) is 4.37. The number of carboxylic acid groups (broad SMARTS) is 1. The minimum atomic E-state index is -1.38. The first-order chi connectivity index (χ1) is 16.6. The molecule has 2 aliphatic rings. The van der Waals surface area contributed by atoms with E-state index in [0.717, 1.165) is 22.7 Å². The predicted octanol–water partition coefficient (Wildman–Crippen LogP) is 5.99. The Morgan fingerprint density at radius 3 is 2.58 bits per heavy atom. The molecule has 0 spiro atoms. The Kier molecular flexibility index (Phi) is 8.63. The number of amidine groups is 1. The van der Waals surface area contributed by atoms with Gasteiger partial charge in [0.1, 0.15) is 17.3 Å². The summed E-state index contributed by atoms with van der Waals surface area (Å²) in [7, 11) is 1.90. The molecule has 1 fully saturated rings. The molecule has 1 aliphatic carbocycles. The molecule has 0 aromatic heterocycles. The van der Waals surface area contributed by atoms with Gasteiger partial charge in [-0.3, -0.25) is 9.79 Å². The molecule has 1 saturated carbocycles. The summed E-state index contributed by atoms with van der Waals surface area (Å²) in [5.41, 5.74) is -0.604. The number of nitrogens with zero attached hydrogens (tertiary/aromatic N) is 3. The molecule has 1 aliphatic heterocycles. The molecule has 0 bridgehead atoms. The average Bonchev–Trinajstić information content (AvgIpc) is 3.50. The van der Waals surface area contributed by atoms with E-state index in [0.29, 0.717) is 18.6 Å². The van der Waals surface area contributed by atoms with Gasteiger partial charge in [-0.05, 0) is 65.8 Å². The quantitative estimate of drug-likeness (QED) is 0.162. The molecule has 12 heteroatoms. The van der Waals surface area contributed by atoms with E-state index in [1.807, 2.05) is 0 Å². The lowest BCUT2D eigenvalue weighted by Crippen LogP contribution is -2.47. The highest BCUT2D eigenvalue weighted by molar-refractivity contribution is 14.1. The van der Waals surface area contributed by atoms with Crippen LogP contribution in [0.25, 0.3) is 6.08 Å². The van der Waals surface area contributed by atoms with E-state index in [1.165, 1.54) is 51.8 Å². The van der Waals surface area contributed by atoms with Crippen molar-refractivity contribution in [2.24, 2.45) is 10.9 Å². The Morgan fingerprint density at radius 1 is 1.36 bits per heavy atom. The first-order valence-electron chi connectivity index (χ1n) is 11.5. The van der Waals surface area contributed by atoms with Gasteiger partial charge in [0.2, 0.25) is 5.91 Å². The molecule has 3 atom stereocenters.